The van der Waals surface area contributed by atoms with Crippen molar-refractivity contribution in [3.05, 3.63) is 48.2 Å². The van der Waals surface area contributed by atoms with E-state index in [1.165, 1.54) is 7.05 Å². The van der Waals surface area contributed by atoms with Crippen molar-refractivity contribution in [2.24, 2.45) is 0 Å². The van der Waals surface area contributed by atoms with Crippen LogP contribution in [0.3, 0.4) is 0 Å². The number of hydrogen-bond acceptors (Lipinski definition) is 6. The first-order valence-corrected chi connectivity index (χ1v) is 9.57. The van der Waals surface area contributed by atoms with E-state index in [1.54, 1.807) is 32.2 Å². The van der Waals surface area contributed by atoms with Gasteiger partial charge in [-0.15, -0.1) is 0 Å². The number of guanidine groups is 1. The van der Waals surface area contributed by atoms with Crippen molar-refractivity contribution in [1.29, 1.82) is 5.41 Å². The molecule has 138 valence electrons. The molecule has 1 fully saturated rings. The van der Waals surface area contributed by atoms with Crippen LogP contribution in [0.15, 0.2) is 42.5 Å². The van der Waals surface area contributed by atoms with E-state index in [0.717, 1.165) is 9.99 Å². The molecule has 1 saturated heterocycles. The molecule has 0 bridgehead atoms. The predicted octanol–water partition coefficient (Wildman–Crippen LogP) is 1.85. The number of methoxy groups -OCH3 is 1. The zero-order valence-electron chi connectivity index (χ0n) is 14.8. The van der Waals surface area contributed by atoms with Crippen LogP contribution in [-0.2, 0) is 15.6 Å². The molecule has 1 aromatic carbocycles. The van der Waals surface area contributed by atoms with Gasteiger partial charge in [-0.1, -0.05) is 18.2 Å². The summed E-state index contributed by atoms with van der Waals surface area (Å²) in [6.07, 6.45) is 0. The average Bonchev–Trinajstić information content (AvgIpc) is 2.60. The van der Waals surface area contributed by atoms with E-state index >= 15 is 0 Å². The lowest BCUT2D eigenvalue weighted by Crippen LogP contribution is -2.61. The summed E-state index contributed by atoms with van der Waals surface area (Å²) in [6.45, 7) is 1.72. The van der Waals surface area contributed by atoms with Crippen LogP contribution in [0.4, 0.5) is 11.5 Å². The van der Waals surface area contributed by atoms with Gasteiger partial charge in [0, 0.05) is 7.05 Å². The molecule has 3 rings (SSSR count). The van der Waals surface area contributed by atoms with Gasteiger partial charge in [-0.2, -0.15) is 0 Å². The number of nitrogens with zero attached hydrogens (tertiary/aromatic N) is 2. The van der Waals surface area contributed by atoms with Crippen molar-refractivity contribution in [3.8, 4) is 5.75 Å². The van der Waals surface area contributed by atoms with Gasteiger partial charge in [0.15, 0.2) is 0 Å². The molecule has 0 aliphatic carbocycles. The zero-order chi connectivity index (χ0) is 18.9. The van der Waals surface area contributed by atoms with Gasteiger partial charge in [-0.05, 0) is 31.2 Å². The van der Waals surface area contributed by atoms with Gasteiger partial charge in [0.25, 0.3) is 0 Å². The average molecular weight is 375 g/mol. The van der Waals surface area contributed by atoms with Crippen LogP contribution in [0.1, 0.15) is 12.6 Å². The van der Waals surface area contributed by atoms with E-state index in [-0.39, 0.29) is 11.7 Å². The first-order valence-electron chi connectivity index (χ1n) is 7.96. The summed E-state index contributed by atoms with van der Waals surface area (Å²) in [7, 11) is -0.637. The first kappa shape index (κ1) is 18.0. The topological polar surface area (TPSA) is 107 Å². The minimum atomic E-state index is -3.58. The Balaban J connectivity index is 1.93. The Morgan fingerprint density at radius 2 is 2.00 bits per heavy atom. The van der Waals surface area contributed by atoms with Gasteiger partial charge < -0.3 is 15.4 Å². The highest BCUT2D eigenvalue weighted by Crippen LogP contribution is 2.29. The van der Waals surface area contributed by atoms with Crippen LogP contribution < -0.4 is 15.4 Å². The molecule has 2 aromatic rings. The number of nitrogens with one attached hydrogen (secondary N) is 3. The normalized spacial score (nSPS) is 21.8. The molecule has 1 aliphatic heterocycles. The van der Waals surface area contributed by atoms with E-state index in [4.69, 9.17) is 10.1 Å². The van der Waals surface area contributed by atoms with Crippen molar-refractivity contribution in [3.63, 3.8) is 0 Å². The van der Waals surface area contributed by atoms with E-state index in [2.05, 4.69) is 15.6 Å². The van der Waals surface area contributed by atoms with Crippen LogP contribution >= 0.6 is 0 Å². The Labute approximate surface area is 152 Å². The second-order valence-corrected chi connectivity index (χ2v) is 8.26. The molecule has 0 amide bonds. The summed E-state index contributed by atoms with van der Waals surface area (Å²) >= 11 is 0. The van der Waals surface area contributed by atoms with E-state index in [0.29, 0.717) is 17.3 Å². The number of sulfonamides is 1. The number of para-hydroxylation sites is 2. The van der Waals surface area contributed by atoms with Crippen LogP contribution in [0.25, 0.3) is 0 Å². The molecule has 1 aliphatic rings. The summed E-state index contributed by atoms with van der Waals surface area (Å²) in [5.74, 6) is 0.860. The van der Waals surface area contributed by atoms with Crippen molar-refractivity contribution in [1.82, 2.24) is 14.6 Å². The predicted molar refractivity (Wildman–Crippen MR) is 100 cm³/mol. The molecule has 8 nitrogen and oxygen atoms in total. The molecule has 0 saturated carbocycles. The Morgan fingerprint density at radius 3 is 2.69 bits per heavy atom. The Bertz CT molecular complexity index is 947. The lowest BCUT2D eigenvalue weighted by atomic mass is 9.99. The maximum atomic E-state index is 12.3. The SMILES string of the molecule is COc1ccccc1Nc1cccc([C@]2(C)CS(=O)(=O)N(C)C(=N)N2)n1. The number of anilines is 2. The third-order valence-electron chi connectivity index (χ3n) is 4.28. The fourth-order valence-corrected chi connectivity index (χ4v) is 4.28. The molecular weight excluding hydrogens is 354 g/mol. The largest absolute Gasteiger partial charge is 0.495 e. The molecule has 1 aromatic heterocycles. The van der Waals surface area contributed by atoms with Crippen LogP contribution in [0.5, 0.6) is 5.75 Å². The van der Waals surface area contributed by atoms with Gasteiger partial charge in [0.1, 0.15) is 11.6 Å². The Hall–Kier alpha value is -2.81. The monoisotopic (exact) mass is 375 g/mol. The lowest BCUT2D eigenvalue weighted by molar-refractivity contribution is 0.410. The molecular formula is C17H21N5O3S. The molecule has 0 spiro atoms. The summed E-state index contributed by atoms with van der Waals surface area (Å²) in [5, 5.41) is 14.0. The number of ether oxygens (including phenoxy) is 1. The van der Waals surface area contributed by atoms with Gasteiger partial charge in [-0.25, -0.2) is 17.7 Å². The number of rotatable bonds is 4. The highest BCUT2D eigenvalue weighted by molar-refractivity contribution is 7.89. The molecule has 3 N–H and O–H groups in total. The molecule has 9 heteroatoms. The number of benzene rings is 1. The van der Waals surface area contributed by atoms with Gasteiger partial charge in [-0.3, -0.25) is 5.41 Å². The van der Waals surface area contributed by atoms with Crippen molar-refractivity contribution in [2.45, 2.75) is 12.5 Å². The quantitative estimate of drug-likeness (QED) is 0.753. The third-order valence-corrected chi connectivity index (χ3v) is 6.24. The number of aromatic nitrogens is 1. The van der Waals surface area contributed by atoms with Crippen molar-refractivity contribution >= 4 is 27.5 Å². The van der Waals surface area contributed by atoms with Crippen LogP contribution in [0, 0.1) is 5.41 Å². The van der Waals surface area contributed by atoms with Gasteiger partial charge in [0.2, 0.25) is 16.0 Å². The van der Waals surface area contributed by atoms with Crippen LogP contribution in [-0.4, -0.2) is 43.6 Å². The summed E-state index contributed by atoms with van der Waals surface area (Å²) in [4.78, 5) is 4.56. The maximum absolute atomic E-state index is 12.3. The zero-order valence-corrected chi connectivity index (χ0v) is 15.6. The molecule has 1 atom stereocenters. The molecule has 0 radical (unpaired) electrons. The van der Waals surface area contributed by atoms with Crippen LogP contribution in [0.2, 0.25) is 0 Å². The van der Waals surface area contributed by atoms with Crippen molar-refractivity contribution in [2.75, 3.05) is 25.2 Å². The fraction of sp³-hybridized carbons (Fsp3) is 0.294. The third kappa shape index (κ3) is 3.30. The Morgan fingerprint density at radius 1 is 1.27 bits per heavy atom. The molecule has 2 heterocycles. The number of pyridine rings is 1. The lowest BCUT2D eigenvalue weighted by Gasteiger charge is -2.39. The maximum Gasteiger partial charge on any atom is 0.239 e. The van der Waals surface area contributed by atoms with E-state index < -0.39 is 15.6 Å². The van der Waals surface area contributed by atoms with E-state index in [1.807, 2.05) is 24.3 Å². The number of hydrogen-bond donors (Lipinski definition) is 3. The minimum absolute atomic E-state index is 0.177. The standard InChI is InChI=1S/C17H21N5O3S/c1-17(11-26(23,24)22(2)16(18)21-17)14-9-6-10-15(20-14)19-12-7-4-5-8-13(12)25-3/h4-10H,11H2,1-3H3,(H2,18,21)(H,19,20)/t17-/m0/s1. The summed E-state index contributed by atoms with van der Waals surface area (Å²) < 4.78 is 30.9. The summed E-state index contributed by atoms with van der Waals surface area (Å²) in [5.41, 5.74) is 0.279. The first-order chi connectivity index (χ1) is 12.2. The Kier molecular flexibility index (Phi) is 4.49. The summed E-state index contributed by atoms with van der Waals surface area (Å²) in [6, 6.07) is 12.8. The highest BCUT2D eigenvalue weighted by Gasteiger charge is 2.42. The van der Waals surface area contributed by atoms with Crippen molar-refractivity contribution < 1.29 is 13.2 Å². The molecule has 0 unspecified atom stereocenters. The van der Waals surface area contributed by atoms with Gasteiger partial charge in [0.05, 0.1) is 29.8 Å². The fourth-order valence-electron chi connectivity index (χ4n) is 2.81. The molecule has 26 heavy (non-hydrogen) atoms. The smallest absolute Gasteiger partial charge is 0.239 e. The minimum Gasteiger partial charge on any atom is -0.495 e. The highest BCUT2D eigenvalue weighted by atomic mass is 32.2. The van der Waals surface area contributed by atoms with Gasteiger partial charge >= 0.3 is 0 Å². The second-order valence-electron chi connectivity index (χ2n) is 6.26. The van der Waals surface area contributed by atoms with E-state index in [9.17, 15) is 8.42 Å². The second kappa shape index (κ2) is 6.49.